The van der Waals surface area contributed by atoms with Crippen LogP contribution in [0, 0.1) is 5.92 Å². The number of hydrogen-bond acceptors (Lipinski definition) is 11. The van der Waals surface area contributed by atoms with Crippen molar-refractivity contribution in [2.24, 2.45) is 5.92 Å². The quantitative estimate of drug-likeness (QED) is 0.0333. The summed E-state index contributed by atoms with van der Waals surface area (Å²) >= 11 is 0. The number of nitrogens with zero attached hydrogens (tertiary/aromatic N) is 1. The van der Waals surface area contributed by atoms with Gasteiger partial charge in [-0.3, -0.25) is 14.4 Å². The van der Waals surface area contributed by atoms with E-state index in [4.69, 9.17) is 28.4 Å². The minimum Gasteiger partial charge on any atom is -0.493 e. The third kappa shape index (κ3) is 21.0. The van der Waals surface area contributed by atoms with Gasteiger partial charge in [-0.2, -0.15) is 0 Å². The van der Waals surface area contributed by atoms with Crippen LogP contribution < -0.4 is 14.2 Å². The lowest BCUT2D eigenvalue weighted by atomic mass is 9.91. The number of rotatable bonds is 30. The summed E-state index contributed by atoms with van der Waals surface area (Å²) in [6, 6.07) is 2.95. The molecule has 286 valence electrons. The van der Waals surface area contributed by atoms with Crippen LogP contribution in [0.3, 0.4) is 0 Å². The maximum atomic E-state index is 13.0. The van der Waals surface area contributed by atoms with E-state index in [2.05, 4.69) is 13.8 Å². The van der Waals surface area contributed by atoms with Gasteiger partial charge in [0, 0.05) is 25.8 Å². The average Bonchev–Trinajstić information content (AvgIpc) is 3.09. The van der Waals surface area contributed by atoms with E-state index >= 15 is 0 Å². The number of benzene rings is 1. The summed E-state index contributed by atoms with van der Waals surface area (Å²) in [6.07, 6.45) is 14.3. The molecule has 0 saturated heterocycles. The number of unbranched alkanes of at least 4 members (excludes halogenated alkanes) is 6. The molecule has 0 spiro atoms. The molecule has 1 rings (SSSR count). The minimum absolute atomic E-state index is 0.0992. The van der Waals surface area contributed by atoms with Crippen molar-refractivity contribution in [3.05, 3.63) is 17.7 Å². The molecule has 50 heavy (non-hydrogen) atoms. The van der Waals surface area contributed by atoms with Crippen LogP contribution in [0.5, 0.6) is 17.2 Å². The van der Waals surface area contributed by atoms with Gasteiger partial charge in [-0.25, -0.2) is 4.79 Å². The Bertz CT molecular complexity index is 1050. The van der Waals surface area contributed by atoms with Gasteiger partial charge in [0.05, 0.1) is 39.6 Å². The van der Waals surface area contributed by atoms with E-state index in [0.717, 1.165) is 77.2 Å². The molecular formula is C39H65NO10. The predicted octanol–water partition coefficient (Wildman–Crippen LogP) is 8.09. The van der Waals surface area contributed by atoms with E-state index in [1.165, 1.54) is 26.4 Å². The number of esters is 4. The lowest BCUT2D eigenvalue weighted by Gasteiger charge is -2.17. The molecule has 11 nitrogen and oxygen atoms in total. The van der Waals surface area contributed by atoms with E-state index in [1.807, 2.05) is 19.0 Å². The van der Waals surface area contributed by atoms with Crippen LogP contribution >= 0.6 is 0 Å². The lowest BCUT2D eigenvalue weighted by molar-refractivity contribution is -0.144. The largest absolute Gasteiger partial charge is 0.493 e. The van der Waals surface area contributed by atoms with Crippen LogP contribution in [-0.2, 0) is 28.6 Å². The van der Waals surface area contributed by atoms with E-state index in [9.17, 15) is 19.2 Å². The van der Waals surface area contributed by atoms with Gasteiger partial charge < -0.3 is 33.3 Å². The van der Waals surface area contributed by atoms with Gasteiger partial charge in [0.15, 0.2) is 11.5 Å². The van der Waals surface area contributed by atoms with Crippen LogP contribution in [0.25, 0.3) is 0 Å². The number of ether oxygens (including phenoxy) is 6. The highest BCUT2D eigenvalue weighted by molar-refractivity contribution is 5.91. The highest BCUT2D eigenvalue weighted by atomic mass is 16.6. The second kappa shape index (κ2) is 28.4. The summed E-state index contributed by atoms with van der Waals surface area (Å²) in [5.74, 6) is -0.645. The summed E-state index contributed by atoms with van der Waals surface area (Å²) in [7, 11) is 6.75. The fourth-order valence-electron chi connectivity index (χ4n) is 5.50. The van der Waals surface area contributed by atoms with Crippen LogP contribution in [-0.4, -0.2) is 83.5 Å². The Morgan fingerprint density at radius 2 is 1.06 bits per heavy atom. The zero-order chi connectivity index (χ0) is 37.0. The Hall–Kier alpha value is -3.34. The second-order valence-electron chi connectivity index (χ2n) is 13.1. The van der Waals surface area contributed by atoms with E-state index in [1.54, 1.807) is 0 Å². The molecule has 0 aliphatic carbocycles. The first kappa shape index (κ1) is 44.7. The van der Waals surface area contributed by atoms with Gasteiger partial charge in [-0.1, -0.05) is 52.4 Å². The smallest absolute Gasteiger partial charge is 0.338 e. The standard InChI is InChI=1S/C39H65NO10/c1-7-9-11-13-26-47-35(41)22-15-19-31(20-16-23-36(42)48-27-14-12-10-8-2)21-17-24-37(43)50-38-33(45-5)29-32(30-34(38)46-6)39(44)49-28-18-25-40(3)4/h29-31H,7-28H2,1-6H3. The number of hydrogen-bond donors (Lipinski definition) is 0. The van der Waals surface area contributed by atoms with Crippen LogP contribution in [0.4, 0.5) is 0 Å². The third-order valence-corrected chi connectivity index (χ3v) is 8.40. The molecule has 1 aromatic carbocycles. The van der Waals surface area contributed by atoms with Crippen molar-refractivity contribution in [2.75, 3.05) is 54.7 Å². The van der Waals surface area contributed by atoms with Gasteiger partial charge in [-0.15, -0.1) is 0 Å². The van der Waals surface area contributed by atoms with Crippen molar-refractivity contribution >= 4 is 23.9 Å². The molecule has 11 heteroatoms. The Kier molecular flexibility index (Phi) is 25.3. The Morgan fingerprint density at radius 3 is 1.50 bits per heavy atom. The van der Waals surface area contributed by atoms with Gasteiger partial charge in [-0.05, 0) is 89.9 Å². The molecule has 0 radical (unpaired) electrons. The predicted molar refractivity (Wildman–Crippen MR) is 194 cm³/mol. The first-order valence-electron chi connectivity index (χ1n) is 18.7. The lowest BCUT2D eigenvalue weighted by Crippen LogP contribution is -2.16. The Labute approximate surface area is 301 Å². The Balaban J connectivity index is 2.72. The molecule has 1 aromatic rings. The molecule has 0 saturated carbocycles. The number of carbonyl (C=O) groups is 4. The first-order chi connectivity index (χ1) is 24.1. The zero-order valence-electron chi connectivity index (χ0n) is 31.8. The van der Waals surface area contributed by atoms with Crippen LogP contribution in [0.15, 0.2) is 12.1 Å². The summed E-state index contributed by atoms with van der Waals surface area (Å²) < 4.78 is 32.7. The molecule has 0 bridgehead atoms. The molecule has 0 aliphatic heterocycles. The van der Waals surface area contributed by atoms with Crippen LogP contribution in [0.1, 0.15) is 140 Å². The second-order valence-corrected chi connectivity index (χ2v) is 13.1. The van der Waals surface area contributed by atoms with Crippen molar-refractivity contribution in [3.8, 4) is 17.2 Å². The van der Waals surface area contributed by atoms with Gasteiger partial charge in [0.25, 0.3) is 0 Å². The molecule has 0 fully saturated rings. The minimum atomic E-state index is -0.523. The SMILES string of the molecule is CCCCCCOC(=O)CCCC(CCCC(=O)OCCCCCC)CCCC(=O)Oc1c(OC)cc(C(=O)OCCCN(C)C)cc1OC. The fourth-order valence-corrected chi connectivity index (χ4v) is 5.50. The first-order valence-corrected chi connectivity index (χ1v) is 18.7. The number of methoxy groups -OCH3 is 2. The van der Waals surface area contributed by atoms with Crippen molar-refractivity contribution in [3.63, 3.8) is 0 Å². The zero-order valence-corrected chi connectivity index (χ0v) is 31.8. The van der Waals surface area contributed by atoms with Gasteiger partial charge in [0.1, 0.15) is 0 Å². The van der Waals surface area contributed by atoms with Crippen LogP contribution in [0.2, 0.25) is 0 Å². The normalized spacial score (nSPS) is 11.0. The van der Waals surface area contributed by atoms with Crippen molar-refractivity contribution < 1.29 is 47.6 Å². The van der Waals surface area contributed by atoms with E-state index in [-0.39, 0.29) is 53.7 Å². The molecule has 0 aliphatic rings. The van der Waals surface area contributed by atoms with E-state index < -0.39 is 11.9 Å². The maximum Gasteiger partial charge on any atom is 0.338 e. The Morgan fingerprint density at radius 1 is 0.600 bits per heavy atom. The molecule has 0 atom stereocenters. The highest BCUT2D eigenvalue weighted by Gasteiger charge is 2.21. The topological polar surface area (TPSA) is 127 Å². The maximum absolute atomic E-state index is 13.0. The van der Waals surface area contributed by atoms with Gasteiger partial charge in [0.2, 0.25) is 5.75 Å². The molecule has 0 unspecified atom stereocenters. The highest BCUT2D eigenvalue weighted by Crippen LogP contribution is 2.39. The summed E-state index contributed by atoms with van der Waals surface area (Å²) in [5.41, 5.74) is 0.229. The van der Waals surface area contributed by atoms with Crippen molar-refractivity contribution in [1.29, 1.82) is 0 Å². The summed E-state index contributed by atoms with van der Waals surface area (Å²) in [4.78, 5) is 52.1. The number of carbonyl (C=O) groups excluding carboxylic acids is 4. The summed E-state index contributed by atoms with van der Waals surface area (Å²) in [6.45, 7) is 6.27. The molecular weight excluding hydrogens is 642 g/mol. The molecule has 0 aromatic heterocycles. The average molecular weight is 708 g/mol. The fraction of sp³-hybridized carbons (Fsp3) is 0.744. The molecule has 0 N–H and O–H groups in total. The monoisotopic (exact) mass is 707 g/mol. The van der Waals surface area contributed by atoms with Crippen molar-refractivity contribution in [2.45, 2.75) is 129 Å². The third-order valence-electron chi connectivity index (χ3n) is 8.40. The van der Waals surface area contributed by atoms with Crippen molar-refractivity contribution in [1.82, 2.24) is 4.90 Å². The van der Waals surface area contributed by atoms with E-state index in [0.29, 0.717) is 51.7 Å². The summed E-state index contributed by atoms with van der Waals surface area (Å²) in [5, 5.41) is 0. The molecule has 0 amide bonds. The van der Waals surface area contributed by atoms with Gasteiger partial charge >= 0.3 is 23.9 Å². The molecule has 0 heterocycles.